The third-order valence-corrected chi connectivity index (χ3v) is 5.34. The number of nitrogens with zero attached hydrogens (tertiary/aromatic N) is 4. The van der Waals surface area contributed by atoms with E-state index in [9.17, 15) is 9.59 Å². The topological polar surface area (TPSA) is 99.7 Å². The molecule has 9 nitrogen and oxygen atoms in total. The molecule has 0 radical (unpaired) electrons. The Kier molecular flexibility index (Phi) is 7.51. The van der Waals surface area contributed by atoms with E-state index in [1.165, 1.54) is 7.11 Å². The predicted molar refractivity (Wildman–Crippen MR) is 120 cm³/mol. The first-order chi connectivity index (χ1) is 14.9. The Morgan fingerprint density at radius 1 is 1.13 bits per heavy atom. The maximum atomic E-state index is 12.8. The van der Waals surface area contributed by atoms with E-state index in [0.717, 1.165) is 0 Å². The lowest BCUT2D eigenvalue weighted by Gasteiger charge is -2.35. The Balaban J connectivity index is 1.57. The molecule has 1 aliphatic heterocycles. The molecule has 1 atom stereocenters. The molecule has 1 unspecified atom stereocenters. The Morgan fingerprint density at radius 3 is 2.39 bits per heavy atom. The van der Waals surface area contributed by atoms with Crippen LogP contribution in [0, 0.1) is 5.92 Å². The number of carbonyl (C=O) groups is 2. The zero-order valence-corrected chi connectivity index (χ0v) is 18.6. The molecule has 1 aromatic heterocycles. The summed E-state index contributed by atoms with van der Waals surface area (Å²) in [4.78, 5) is 37.9. The average Bonchev–Trinajstić information content (AvgIpc) is 2.78. The van der Waals surface area contributed by atoms with E-state index in [0.29, 0.717) is 48.6 Å². The fraction of sp³-hybridized carbons (Fsp3) is 0.429. The number of halogens is 1. The van der Waals surface area contributed by atoms with Gasteiger partial charge in [-0.05, 0) is 30.2 Å². The van der Waals surface area contributed by atoms with Gasteiger partial charge in [0, 0.05) is 44.3 Å². The van der Waals surface area contributed by atoms with Gasteiger partial charge >= 0.3 is 6.03 Å². The lowest BCUT2D eigenvalue weighted by atomic mass is 10.0. The van der Waals surface area contributed by atoms with Crippen LogP contribution in [-0.2, 0) is 4.79 Å². The van der Waals surface area contributed by atoms with Crippen LogP contribution < -0.4 is 20.3 Å². The van der Waals surface area contributed by atoms with Gasteiger partial charge in [0.2, 0.25) is 11.9 Å². The maximum absolute atomic E-state index is 12.8. The Hall–Kier alpha value is -3.07. The fourth-order valence-corrected chi connectivity index (χ4v) is 3.55. The molecule has 1 saturated heterocycles. The second kappa shape index (κ2) is 10.3. The molecule has 1 aliphatic rings. The largest absolute Gasteiger partial charge is 0.495 e. The highest BCUT2D eigenvalue weighted by Gasteiger charge is 2.28. The molecule has 3 amide bonds. The highest BCUT2D eigenvalue weighted by atomic mass is 35.5. The number of benzene rings is 1. The number of nitrogens with one attached hydrogen (secondary N) is 2. The molecule has 31 heavy (non-hydrogen) atoms. The maximum Gasteiger partial charge on any atom is 0.318 e. The molecule has 2 aromatic rings. The summed E-state index contributed by atoms with van der Waals surface area (Å²) in [6, 6.07) is 5.80. The summed E-state index contributed by atoms with van der Waals surface area (Å²) < 4.78 is 5.13. The summed E-state index contributed by atoms with van der Waals surface area (Å²) in [5.41, 5.74) is 0.534. The van der Waals surface area contributed by atoms with Crippen molar-refractivity contribution in [1.29, 1.82) is 0 Å². The lowest BCUT2D eigenvalue weighted by Crippen LogP contribution is -2.56. The van der Waals surface area contributed by atoms with Gasteiger partial charge in [0.15, 0.2) is 0 Å². The highest BCUT2D eigenvalue weighted by Crippen LogP contribution is 2.27. The fourth-order valence-electron chi connectivity index (χ4n) is 3.29. The van der Waals surface area contributed by atoms with Crippen molar-refractivity contribution in [3.05, 3.63) is 41.7 Å². The number of rotatable bonds is 6. The lowest BCUT2D eigenvalue weighted by molar-refractivity contribution is -0.118. The minimum atomic E-state index is -0.691. The zero-order valence-electron chi connectivity index (χ0n) is 17.8. The van der Waals surface area contributed by atoms with Crippen molar-refractivity contribution in [2.45, 2.75) is 19.9 Å². The van der Waals surface area contributed by atoms with Gasteiger partial charge in [0.05, 0.1) is 12.1 Å². The van der Waals surface area contributed by atoms with Crippen LogP contribution in [0.15, 0.2) is 36.7 Å². The molecule has 2 heterocycles. The Morgan fingerprint density at radius 2 is 1.81 bits per heavy atom. The van der Waals surface area contributed by atoms with E-state index >= 15 is 0 Å². The quantitative estimate of drug-likeness (QED) is 0.707. The van der Waals surface area contributed by atoms with Crippen molar-refractivity contribution in [3.63, 3.8) is 0 Å². The second-order valence-corrected chi connectivity index (χ2v) is 7.94. The number of urea groups is 1. The van der Waals surface area contributed by atoms with E-state index in [-0.39, 0.29) is 17.9 Å². The molecule has 0 spiro atoms. The summed E-state index contributed by atoms with van der Waals surface area (Å²) in [7, 11) is 1.52. The van der Waals surface area contributed by atoms with Gasteiger partial charge in [-0.1, -0.05) is 25.4 Å². The molecule has 1 fully saturated rings. The summed E-state index contributed by atoms with van der Waals surface area (Å²) in [6.45, 7) is 6.06. The van der Waals surface area contributed by atoms with Gasteiger partial charge < -0.3 is 25.2 Å². The predicted octanol–water partition coefficient (Wildman–Crippen LogP) is 2.63. The van der Waals surface area contributed by atoms with E-state index < -0.39 is 6.04 Å². The number of aromatic nitrogens is 2. The van der Waals surface area contributed by atoms with Crippen molar-refractivity contribution in [2.75, 3.05) is 43.5 Å². The minimum absolute atomic E-state index is 0.100. The van der Waals surface area contributed by atoms with Gasteiger partial charge in [-0.3, -0.25) is 4.79 Å². The number of amides is 3. The van der Waals surface area contributed by atoms with Gasteiger partial charge in [0.25, 0.3) is 0 Å². The van der Waals surface area contributed by atoms with Crippen molar-refractivity contribution < 1.29 is 14.3 Å². The number of carbonyl (C=O) groups excluding carboxylic acids is 2. The number of hydrogen-bond donors (Lipinski definition) is 2. The van der Waals surface area contributed by atoms with Crippen molar-refractivity contribution >= 4 is 35.2 Å². The molecule has 0 aliphatic carbocycles. The summed E-state index contributed by atoms with van der Waals surface area (Å²) in [6.07, 6.45) is 3.40. The molecule has 2 N–H and O–H groups in total. The molecular formula is C21H27ClN6O3. The van der Waals surface area contributed by atoms with Crippen LogP contribution in [0.1, 0.15) is 13.8 Å². The number of hydrogen-bond acceptors (Lipinski definition) is 6. The molecule has 1 aromatic carbocycles. The Labute approximate surface area is 186 Å². The third kappa shape index (κ3) is 5.75. The van der Waals surface area contributed by atoms with E-state index in [1.54, 1.807) is 41.6 Å². The van der Waals surface area contributed by atoms with Crippen LogP contribution in [0.4, 0.5) is 16.4 Å². The van der Waals surface area contributed by atoms with Gasteiger partial charge in [-0.25, -0.2) is 14.8 Å². The van der Waals surface area contributed by atoms with E-state index in [4.69, 9.17) is 16.3 Å². The van der Waals surface area contributed by atoms with Gasteiger partial charge in [0.1, 0.15) is 11.8 Å². The monoisotopic (exact) mass is 446 g/mol. The van der Waals surface area contributed by atoms with Crippen LogP contribution in [0.25, 0.3) is 0 Å². The van der Waals surface area contributed by atoms with Crippen molar-refractivity contribution in [3.8, 4) is 5.75 Å². The van der Waals surface area contributed by atoms with Crippen LogP contribution in [0.5, 0.6) is 5.75 Å². The highest BCUT2D eigenvalue weighted by molar-refractivity contribution is 6.32. The number of methoxy groups -OCH3 is 1. The van der Waals surface area contributed by atoms with E-state index in [2.05, 4.69) is 20.6 Å². The van der Waals surface area contributed by atoms with Crippen LogP contribution in [0.2, 0.25) is 5.02 Å². The molecule has 0 saturated carbocycles. The first-order valence-corrected chi connectivity index (χ1v) is 10.5. The van der Waals surface area contributed by atoms with Crippen LogP contribution in [0.3, 0.4) is 0 Å². The molecule has 10 heteroatoms. The molecular weight excluding hydrogens is 420 g/mol. The van der Waals surface area contributed by atoms with E-state index in [1.807, 2.05) is 18.7 Å². The smallest absolute Gasteiger partial charge is 0.318 e. The average molecular weight is 447 g/mol. The van der Waals surface area contributed by atoms with Crippen LogP contribution >= 0.6 is 11.6 Å². The second-order valence-electron chi connectivity index (χ2n) is 7.53. The van der Waals surface area contributed by atoms with Crippen molar-refractivity contribution in [1.82, 2.24) is 20.2 Å². The summed E-state index contributed by atoms with van der Waals surface area (Å²) in [5.74, 6) is 0.770. The van der Waals surface area contributed by atoms with Crippen LogP contribution in [-0.4, -0.2) is 66.1 Å². The Bertz CT molecular complexity index is 903. The molecule has 3 rings (SSSR count). The standard InChI is InChI=1S/C21H27ClN6O3/c1-14(2)18(19(29)25-15-5-6-17(31-3)16(22)13-15)26-21(30)28-11-9-27(10-12-28)20-23-7-4-8-24-20/h4-8,13-14,18H,9-12H2,1-3H3,(H,25,29)(H,26,30). The SMILES string of the molecule is COc1ccc(NC(=O)C(NC(=O)N2CCN(c3ncccn3)CC2)C(C)C)cc1Cl. The summed E-state index contributed by atoms with van der Waals surface area (Å²) in [5, 5.41) is 6.08. The third-order valence-electron chi connectivity index (χ3n) is 5.05. The van der Waals surface area contributed by atoms with Gasteiger partial charge in [-0.2, -0.15) is 0 Å². The first kappa shape index (κ1) is 22.6. The molecule has 0 bridgehead atoms. The number of piperazine rings is 1. The zero-order chi connectivity index (χ0) is 22.4. The van der Waals surface area contributed by atoms with Crippen molar-refractivity contribution in [2.24, 2.45) is 5.92 Å². The van der Waals surface area contributed by atoms with Gasteiger partial charge in [-0.15, -0.1) is 0 Å². The minimum Gasteiger partial charge on any atom is -0.495 e. The number of anilines is 2. The normalized spacial score (nSPS) is 14.9. The first-order valence-electron chi connectivity index (χ1n) is 10.1. The number of ether oxygens (including phenoxy) is 1. The molecule has 166 valence electrons. The summed E-state index contributed by atoms with van der Waals surface area (Å²) >= 11 is 6.13.